The Bertz CT molecular complexity index is 313. The van der Waals surface area contributed by atoms with Crippen molar-refractivity contribution in [1.29, 1.82) is 5.26 Å². The minimum absolute atomic E-state index is 0.0596. The predicted octanol–water partition coefficient (Wildman–Crippen LogP) is 1.38. The second-order valence-corrected chi connectivity index (χ2v) is 4.92. The lowest BCUT2D eigenvalue weighted by Crippen LogP contribution is -2.29. The minimum Gasteiger partial charge on any atom is -0.460 e. The molecule has 0 unspecified atom stereocenters. The molecule has 0 aromatic rings. The van der Waals surface area contributed by atoms with Crippen LogP contribution in [0.15, 0.2) is 0 Å². The lowest BCUT2D eigenvalue weighted by molar-refractivity contribution is -0.155. The van der Waals surface area contributed by atoms with Gasteiger partial charge in [0.15, 0.2) is 0 Å². The zero-order valence-corrected chi connectivity index (χ0v) is 10.9. The molecule has 0 bridgehead atoms. The van der Waals surface area contributed by atoms with E-state index in [9.17, 15) is 9.59 Å². The third-order valence-corrected chi connectivity index (χ3v) is 1.80. The van der Waals surface area contributed by atoms with Crippen molar-refractivity contribution in [3.8, 4) is 6.07 Å². The van der Waals surface area contributed by atoms with Crippen molar-refractivity contribution in [2.24, 2.45) is 5.92 Å². The fourth-order valence-electron chi connectivity index (χ4n) is 1.01. The smallest absolute Gasteiger partial charge is 0.306 e. The van der Waals surface area contributed by atoms with Crippen LogP contribution in [-0.4, -0.2) is 24.0 Å². The van der Waals surface area contributed by atoms with E-state index in [-0.39, 0.29) is 30.6 Å². The zero-order valence-electron chi connectivity index (χ0n) is 10.9. The Labute approximate surface area is 102 Å². The lowest BCUT2D eigenvalue weighted by Gasteiger charge is -2.19. The van der Waals surface area contributed by atoms with Gasteiger partial charge >= 0.3 is 5.97 Å². The Morgan fingerprint density at radius 2 is 1.94 bits per heavy atom. The summed E-state index contributed by atoms with van der Waals surface area (Å²) in [7, 11) is 0. The van der Waals surface area contributed by atoms with Crippen LogP contribution < -0.4 is 5.32 Å². The van der Waals surface area contributed by atoms with Crippen molar-refractivity contribution >= 4 is 11.9 Å². The van der Waals surface area contributed by atoms with Crippen LogP contribution >= 0.6 is 0 Å². The van der Waals surface area contributed by atoms with Crippen LogP contribution in [0.5, 0.6) is 0 Å². The molecule has 0 aromatic heterocycles. The van der Waals surface area contributed by atoms with E-state index in [1.165, 1.54) is 0 Å². The van der Waals surface area contributed by atoms with Crippen LogP contribution in [0.4, 0.5) is 0 Å². The second-order valence-electron chi connectivity index (χ2n) is 4.92. The molecule has 0 aliphatic carbocycles. The summed E-state index contributed by atoms with van der Waals surface area (Å²) in [5, 5.41) is 11.1. The first-order valence-corrected chi connectivity index (χ1v) is 5.63. The summed E-state index contributed by atoms with van der Waals surface area (Å²) in [6.07, 6.45) is 0.150. The SMILES string of the molecule is C[C@@H](C#N)CNC(=O)CCC(=O)OC(C)(C)C. The zero-order chi connectivity index (χ0) is 13.5. The maximum atomic E-state index is 11.3. The van der Waals surface area contributed by atoms with E-state index in [0.29, 0.717) is 6.54 Å². The number of esters is 1. The highest BCUT2D eigenvalue weighted by Gasteiger charge is 2.17. The fourth-order valence-corrected chi connectivity index (χ4v) is 1.01. The van der Waals surface area contributed by atoms with Gasteiger partial charge in [-0.3, -0.25) is 9.59 Å². The number of hydrogen-bond acceptors (Lipinski definition) is 4. The summed E-state index contributed by atoms with van der Waals surface area (Å²) < 4.78 is 5.06. The first kappa shape index (κ1) is 15.4. The molecule has 0 aliphatic rings. The average Bonchev–Trinajstić information content (AvgIpc) is 2.20. The summed E-state index contributed by atoms with van der Waals surface area (Å²) in [5.74, 6) is -0.848. The van der Waals surface area contributed by atoms with Crippen LogP contribution in [0.3, 0.4) is 0 Å². The number of nitriles is 1. The van der Waals surface area contributed by atoms with Crippen molar-refractivity contribution < 1.29 is 14.3 Å². The number of nitrogens with zero attached hydrogens (tertiary/aromatic N) is 1. The van der Waals surface area contributed by atoms with Gasteiger partial charge < -0.3 is 10.1 Å². The number of amides is 1. The molecule has 0 saturated carbocycles. The van der Waals surface area contributed by atoms with Crippen molar-refractivity contribution in [3.05, 3.63) is 0 Å². The molecule has 0 aliphatic heterocycles. The molecule has 0 aromatic carbocycles. The standard InChI is InChI=1S/C12H20N2O3/c1-9(7-13)8-14-10(15)5-6-11(16)17-12(2,3)4/h9H,5-6,8H2,1-4H3,(H,14,15)/t9-/m0/s1. The molecular formula is C12H20N2O3. The molecule has 17 heavy (non-hydrogen) atoms. The van der Waals surface area contributed by atoms with Gasteiger partial charge in [-0.1, -0.05) is 0 Å². The van der Waals surface area contributed by atoms with Gasteiger partial charge in [-0.15, -0.1) is 0 Å². The van der Waals surface area contributed by atoms with Gasteiger partial charge in [0.2, 0.25) is 5.91 Å². The molecule has 1 amide bonds. The van der Waals surface area contributed by atoms with Gasteiger partial charge in [0.05, 0.1) is 18.4 Å². The number of hydrogen-bond donors (Lipinski definition) is 1. The Hall–Kier alpha value is -1.57. The highest BCUT2D eigenvalue weighted by molar-refractivity contribution is 5.81. The molecule has 5 nitrogen and oxygen atoms in total. The van der Waals surface area contributed by atoms with Crippen molar-refractivity contribution in [2.75, 3.05) is 6.54 Å². The molecule has 1 N–H and O–H groups in total. The van der Waals surface area contributed by atoms with Gasteiger partial charge in [0.1, 0.15) is 5.60 Å². The van der Waals surface area contributed by atoms with Gasteiger partial charge in [0.25, 0.3) is 0 Å². The molecule has 5 heteroatoms. The average molecular weight is 240 g/mol. The van der Waals surface area contributed by atoms with E-state index >= 15 is 0 Å². The quantitative estimate of drug-likeness (QED) is 0.736. The maximum absolute atomic E-state index is 11.3. The van der Waals surface area contributed by atoms with Crippen LogP contribution in [0, 0.1) is 17.2 Å². The Kier molecular flexibility index (Phi) is 6.26. The molecule has 0 fully saturated rings. The van der Waals surface area contributed by atoms with Crippen LogP contribution in [0.25, 0.3) is 0 Å². The summed E-state index contributed by atoms with van der Waals surface area (Å²) >= 11 is 0. The van der Waals surface area contributed by atoms with Crippen LogP contribution in [0.2, 0.25) is 0 Å². The van der Waals surface area contributed by atoms with Gasteiger partial charge in [0, 0.05) is 13.0 Å². The first-order chi connectivity index (χ1) is 7.74. The van der Waals surface area contributed by atoms with E-state index in [1.54, 1.807) is 27.7 Å². The highest BCUT2D eigenvalue weighted by atomic mass is 16.6. The first-order valence-electron chi connectivity index (χ1n) is 5.63. The Morgan fingerprint density at radius 3 is 2.41 bits per heavy atom. The van der Waals surface area contributed by atoms with E-state index in [1.807, 2.05) is 6.07 Å². The van der Waals surface area contributed by atoms with Gasteiger partial charge in [-0.2, -0.15) is 5.26 Å². The summed E-state index contributed by atoms with van der Waals surface area (Å²) in [6.45, 7) is 7.36. The fraction of sp³-hybridized carbons (Fsp3) is 0.750. The van der Waals surface area contributed by atoms with Crippen molar-refractivity contribution in [1.82, 2.24) is 5.32 Å². The summed E-state index contributed by atoms with van der Waals surface area (Å²) in [6, 6.07) is 2.01. The third-order valence-electron chi connectivity index (χ3n) is 1.80. The topological polar surface area (TPSA) is 79.2 Å². The summed E-state index contributed by atoms with van der Waals surface area (Å²) in [5.41, 5.74) is -0.525. The second kappa shape index (κ2) is 6.89. The number of rotatable bonds is 5. The molecule has 96 valence electrons. The normalized spacial score (nSPS) is 12.4. The number of ether oxygens (including phenoxy) is 1. The lowest BCUT2D eigenvalue weighted by atomic mass is 10.2. The predicted molar refractivity (Wildman–Crippen MR) is 62.9 cm³/mol. The molecule has 0 rings (SSSR count). The molecule has 0 saturated heterocycles. The van der Waals surface area contributed by atoms with E-state index in [4.69, 9.17) is 10.00 Å². The maximum Gasteiger partial charge on any atom is 0.306 e. The Balaban J connectivity index is 3.78. The van der Waals surface area contributed by atoms with E-state index < -0.39 is 5.60 Å². The van der Waals surface area contributed by atoms with Gasteiger partial charge in [-0.25, -0.2) is 0 Å². The molecule has 1 atom stereocenters. The van der Waals surface area contributed by atoms with Crippen LogP contribution in [0.1, 0.15) is 40.5 Å². The van der Waals surface area contributed by atoms with Crippen LogP contribution in [-0.2, 0) is 14.3 Å². The van der Waals surface area contributed by atoms with E-state index in [0.717, 1.165) is 0 Å². The molecule has 0 radical (unpaired) electrons. The number of carbonyl (C=O) groups is 2. The number of carbonyl (C=O) groups excluding carboxylic acids is 2. The Morgan fingerprint density at radius 1 is 1.35 bits per heavy atom. The minimum atomic E-state index is -0.525. The molecular weight excluding hydrogens is 220 g/mol. The highest BCUT2D eigenvalue weighted by Crippen LogP contribution is 2.08. The molecule has 0 heterocycles. The number of nitrogens with one attached hydrogen (secondary N) is 1. The largest absolute Gasteiger partial charge is 0.460 e. The van der Waals surface area contributed by atoms with Crippen molar-refractivity contribution in [2.45, 2.75) is 46.1 Å². The van der Waals surface area contributed by atoms with E-state index in [2.05, 4.69) is 5.32 Å². The summed E-state index contributed by atoms with van der Waals surface area (Å²) in [4.78, 5) is 22.6. The molecule has 0 spiro atoms. The van der Waals surface area contributed by atoms with Crippen molar-refractivity contribution in [3.63, 3.8) is 0 Å². The third kappa shape index (κ3) is 9.36. The van der Waals surface area contributed by atoms with Gasteiger partial charge in [-0.05, 0) is 27.7 Å². The monoisotopic (exact) mass is 240 g/mol.